The highest BCUT2D eigenvalue weighted by atomic mass is 127. The summed E-state index contributed by atoms with van der Waals surface area (Å²) in [6.07, 6.45) is 1.50. The number of amides is 2. The van der Waals surface area contributed by atoms with Gasteiger partial charge in [0.2, 0.25) is 0 Å². The second kappa shape index (κ2) is 10.2. The van der Waals surface area contributed by atoms with E-state index >= 15 is 0 Å². The van der Waals surface area contributed by atoms with Gasteiger partial charge in [0.05, 0.1) is 23.5 Å². The number of methoxy groups -OCH3 is 2. The van der Waals surface area contributed by atoms with Crippen LogP contribution in [-0.2, 0) is 9.59 Å². The van der Waals surface area contributed by atoms with E-state index in [1.807, 2.05) is 30.3 Å². The van der Waals surface area contributed by atoms with Gasteiger partial charge in [-0.3, -0.25) is 19.8 Å². The predicted octanol–water partition coefficient (Wildman–Crippen LogP) is 4.93. The standard InChI is InChI=1S/C25H19IN2O5S/c1-31-21-14-15(13-20(26)22(21)32-2)12-19-23(29)27-25(34)28(24(19)30)16-8-10-18(11-9-16)33-17-6-4-3-5-7-17/h3-14H,1-2H3,(H,27,29,34)/b19-12+. The summed E-state index contributed by atoms with van der Waals surface area (Å²) in [5, 5.41) is 2.59. The maximum absolute atomic E-state index is 13.3. The van der Waals surface area contributed by atoms with Crippen LogP contribution in [0.25, 0.3) is 6.08 Å². The van der Waals surface area contributed by atoms with Gasteiger partial charge in [0.25, 0.3) is 11.8 Å². The van der Waals surface area contributed by atoms with E-state index in [9.17, 15) is 9.59 Å². The summed E-state index contributed by atoms with van der Waals surface area (Å²) in [5.41, 5.74) is 1.06. The maximum Gasteiger partial charge on any atom is 0.270 e. The molecule has 1 heterocycles. The summed E-state index contributed by atoms with van der Waals surface area (Å²) >= 11 is 7.39. The number of ether oxygens (including phenoxy) is 3. The summed E-state index contributed by atoms with van der Waals surface area (Å²) < 4.78 is 17.3. The van der Waals surface area contributed by atoms with Crippen LogP contribution in [0.4, 0.5) is 5.69 Å². The van der Waals surface area contributed by atoms with Crippen LogP contribution in [0.1, 0.15) is 5.56 Å². The van der Waals surface area contributed by atoms with Crippen molar-refractivity contribution in [3.63, 3.8) is 0 Å². The van der Waals surface area contributed by atoms with Gasteiger partial charge >= 0.3 is 0 Å². The molecule has 2 amide bonds. The molecule has 0 bridgehead atoms. The lowest BCUT2D eigenvalue weighted by Crippen LogP contribution is -2.54. The van der Waals surface area contributed by atoms with Crippen LogP contribution in [0, 0.1) is 3.57 Å². The first-order chi connectivity index (χ1) is 16.4. The molecule has 0 unspecified atom stereocenters. The molecule has 0 spiro atoms. The van der Waals surface area contributed by atoms with E-state index in [0.717, 1.165) is 3.57 Å². The lowest BCUT2D eigenvalue weighted by atomic mass is 10.1. The van der Waals surface area contributed by atoms with Crippen LogP contribution >= 0.6 is 34.8 Å². The zero-order chi connectivity index (χ0) is 24.2. The molecule has 0 atom stereocenters. The summed E-state index contributed by atoms with van der Waals surface area (Å²) in [4.78, 5) is 27.2. The predicted molar refractivity (Wildman–Crippen MR) is 141 cm³/mol. The molecule has 7 nitrogen and oxygen atoms in total. The molecule has 1 saturated heterocycles. The normalized spacial score (nSPS) is 14.7. The molecule has 3 aromatic rings. The molecular weight excluding hydrogens is 567 g/mol. The molecule has 0 radical (unpaired) electrons. The quantitative estimate of drug-likeness (QED) is 0.191. The van der Waals surface area contributed by atoms with E-state index in [1.165, 1.54) is 18.1 Å². The summed E-state index contributed by atoms with van der Waals surface area (Å²) in [6.45, 7) is 0. The van der Waals surface area contributed by atoms with E-state index in [0.29, 0.717) is 34.2 Å². The Bertz CT molecular complexity index is 1290. The fourth-order valence-corrected chi connectivity index (χ4v) is 4.49. The fourth-order valence-electron chi connectivity index (χ4n) is 3.37. The first-order valence-electron chi connectivity index (χ1n) is 10.1. The number of halogens is 1. The number of nitrogens with one attached hydrogen (secondary N) is 1. The highest BCUT2D eigenvalue weighted by molar-refractivity contribution is 14.1. The number of carbonyl (C=O) groups excluding carboxylic acids is 2. The van der Waals surface area contributed by atoms with Crippen LogP contribution in [-0.4, -0.2) is 31.1 Å². The minimum atomic E-state index is -0.569. The third-order valence-electron chi connectivity index (χ3n) is 4.94. The van der Waals surface area contributed by atoms with Crippen LogP contribution in [0.3, 0.4) is 0 Å². The molecule has 1 N–H and O–H groups in total. The molecule has 0 aromatic heterocycles. The third kappa shape index (κ3) is 4.90. The highest BCUT2D eigenvalue weighted by Crippen LogP contribution is 2.34. The summed E-state index contributed by atoms with van der Waals surface area (Å²) in [5.74, 6) is 1.26. The van der Waals surface area contributed by atoms with Crippen LogP contribution in [0.2, 0.25) is 0 Å². The molecule has 4 rings (SSSR count). The van der Waals surface area contributed by atoms with Crippen molar-refractivity contribution in [3.8, 4) is 23.0 Å². The first-order valence-corrected chi connectivity index (χ1v) is 11.6. The second-order valence-electron chi connectivity index (χ2n) is 7.11. The van der Waals surface area contributed by atoms with Crippen LogP contribution in [0.5, 0.6) is 23.0 Å². The van der Waals surface area contributed by atoms with Crippen molar-refractivity contribution in [2.45, 2.75) is 0 Å². The zero-order valence-corrected chi connectivity index (χ0v) is 21.2. The van der Waals surface area contributed by atoms with Gasteiger partial charge in [-0.25, -0.2) is 0 Å². The number of hydrogen-bond donors (Lipinski definition) is 1. The van der Waals surface area contributed by atoms with E-state index in [4.69, 9.17) is 26.4 Å². The Morgan fingerprint density at radius 2 is 1.62 bits per heavy atom. The molecule has 34 heavy (non-hydrogen) atoms. The molecule has 1 aliphatic heterocycles. The van der Waals surface area contributed by atoms with E-state index in [-0.39, 0.29) is 10.7 Å². The number of anilines is 1. The number of para-hydroxylation sites is 1. The first kappa shape index (κ1) is 23.7. The molecule has 0 aliphatic carbocycles. The largest absolute Gasteiger partial charge is 0.493 e. The Hall–Kier alpha value is -3.44. The van der Waals surface area contributed by atoms with Gasteiger partial charge < -0.3 is 14.2 Å². The van der Waals surface area contributed by atoms with Crippen molar-refractivity contribution in [1.29, 1.82) is 0 Å². The van der Waals surface area contributed by atoms with Gasteiger partial charge in [-0.1, -0.05) is 18.2 Å². The van der Waals surface area contributed by atoms with Crippen molar-refractivity contribution < 1.29 is 23.8 Å². The third-order valence-corrected chi connectivity index (χ3v) is 6.03. The Kier molecular flexibility index (Phi) is 7.13. The van der Waals surface area contributed by atoms with Gasteiger partial charge in [0.1, 0.15) is 17.1 Å². The number of benzene rings is 3. The van der Waals surface area contributed by atoms with E-state index < -0.39 is 11.8 Å². The molecule has 9 heteroatoms. The smallest absolute Gasteiger partial charge is 0.270 e. The van der Waals surface area contributed by atoms with Gasteiger partial charge in [-0.15, -0.1) is 0 Å². The van der Waals surface area contributed by atoms with Crippen molar-refractivity contribution in [2.75, 3.05) is 19.1 Å². The lowest BCUT2D eigenvalue weighted by molar-refractivity contribution is -0.122. The Morgan fingerprint density at radius 1 is 0.941 bits per heavy atom. The van der Waals surface area contributed by atoms with Crippen LogP contribution in [0.15, 0.2) is 72.3 Å². The Balaban J connectivity index is 1.63. The lowest BCUT2D eigenvalue weighted by Gasteiger charge is -2.29. The van der Waals surface area contributed by atoms with Gasteiger partial charge in [0, 0.05) is 0 Å². The van der Waals surface area contributed by atoms with E-state index in [2.05, 4.69) is 27.9 Å². The fraction of sp³-hybridized carbons (Fsp3) is 0.0800. The molecule has 0 saturated carbocycles. The Labute approximate surface area is 215 Å². The maximum atomic E-state index is 13.3. The van der Waals surface area contributed by atoms with Crippen molar-refractivity contribution in [3.05, 3.63) is 81.4 Å². The van der Waals surface area contributed by atoms with Gasteiger partial charge in [-0.2, -0.15) is 0 Å². The molecule has 1 aliphatic rings. The van der Waals surface area contributed by atoms with Crippen molar-refractivity contribution in [1.82, 2.24) is 5.32 Å². The molecular formula is C25H19IN2O5S. The molecule has 3 aromatic carbocycles. The number of hydrogen-bond acceptors (Lipinski definition) is 6. The number of thiocarbonyl (C=S) groups is 1. The monoisotopic (exact) mass is 586 g/mol. The summed E-state index contributed by atoms with van der Waals surface area (Å²) in [7, 11) is 3.07. The Morgan fingerprint density at radius 3 is 2.26 bits per heavy atom. The minimum Gasteiger partial charge on any atom is -0.493 e. The second-order valence-corrected chi connectivity index (χ2v) is 8.65. The van der Waals surface area contributed by atoms with Crippen molar-refractivity contribution >= 4 is 63.5 Å². The van der Waals surface area contributed by atoms with E-state index in [1.54, 1.807) is 43.5 Å². The number of carbonyl (C=O) groups is 2. The highest BCUT2D eigenvalue weighted by Gasteiger charge is 2.34. The minimum absolute atomic E-state index is 0.00534. The van der Waals surface area contributed by atoms with Crippen LogP contribution < -0.4 is 24.4 Å². The average molecular weight is 586 g/mol. The average Bonchev–Trinajstić information content (AvgIpc) is 2.83. The molecule has 1 fully saturated rings. The number of nitrogens with zero attached hydrogens (tertiary/aromatic N) is 1. The van der Waals surface area contributed by atoms with Crippen molar-refractivity contribution in [2.24, 2.45) is 0 Å². The topological polar surface area (TPSA) is 77.1 Å². The van der Waals surface area contributed by atoms with Gasteiger partial charge in [0.15, 0.2) is 16.6 Å². The molecule has 172 valence electrons. The summed E-state index contributed by atoms with van der Waals surface area (Å²) in [6, 6.07) is 19.7. The SMILES string of the molecule is COc1cc(/C=C2\C(=O)NC(=S)N(c3ccc(Oc4ccccc4)cc3)C2=O)cc(I)c1OC. The van der Waals surface area contributed by atoms with Gasteiger partial charge in [-0.05, 0) is 95.0 Å². The zero-order valence-electron chi connectivity index (χ0n) is 18.2. The number of rotatable bonds is 6.